The number of allylic oxidation sites excluding steroid dienone is 2. The number of likely N-dealkylation sites (N-methyl/N-ethyl adjacent to an activating group) is 2. The van der Waals surface area contributed by atoms with Crippen LogP contribution in [-0.4, -0.2) is 27.3 Å². The molecule has 0 radical (unpaired) electrons. The minimum atomic E-state index is -0.143. The smallest absolute Gasteiger partial charge is 0.128 e. The summed E-state index contributed by atoms with van der Waals surface area (Å²) in [5.41, 5.74) is 11.4. The molecule has 0 saturated carbocycles. The van der Waals surface area contributed by atoms with Crippen LogP contribution in [0.2, 0.25) is 0 Å². The predicted octanol–water partition coefficient (Wildman–Crippen LogP) is 10.6. The van der Waals surface area contributed by atoms with Gasteiger partial charge >= 0.3 is 0 Å². The molecule has 0 aromatic heterocycles. The lowest BCUT2D eigenvalue weighted by atomic mass is 9.82. The third-order valence-electron chi connectivity index (χ3n) is 10.0. The van der Waals surface area contributed by atoms with Gasteiger partial charge in [-0.25, -0.2) is 0 Å². The van der Waals surface area contributed by atoms with Crippen molar-refractivity contribution in [3.05, 3.63) is 84.2 Å². The van der Waals surface area contributed by atoms with E-state index in [1.807, 2.05) is 0 Å². The molecule has 0 bridgehead atoms. The normalized spacial score (nSPS) is 16.4. The standard InChI is InChI=1S/C40H52N2O2/c1-11-13-15-21-43-37-25-32(30-18-20-36-34(24-30)40(7,8)28(4)42(36)10)38(44-22-16-14-12-2)26-31(37)29-17-19-35-33(23-29)39(5,6)27(3)41(35)9/h17-20,23-26H,3-4,11-16,21-22H2,1-2,5-10H3. The molecule has 3 aromatic rings. The summed E-state index contributed by atoms with van der Waals surface area (Å²) in [5.74, 6) is 1.81. The van der Waals surface area contributed by atoms with Gasteiger partial charge < -0.3 is 19.3 Å². The summed E-state index contributed by atoms with van der Waals surface area (Å²) in [7, 11) is 4.22. The van der Waals surface area contributed by atoms with E-state index >= 15 is 0 Å². The fourth-order valence-corrected chi connectivity index (χ4v) is 6.75. The summed E-state index contributed by atoms with van der Waals surface area (Å²) in [6.07, 6.45) is 6.69. The zero-order valence-corrected chi connectivity index (χ0v) is 28.4. The molecule has 2 aliphatic rings. The minimum absolute atomic E-state index is 0.143. The lowest BCUT2D eigenvalue weighted by molar-refractivity contribution is 0.300. The van der Waals surface area contributed by atoms with E-state index in [0.29, 0.717) is 13.2 Å². The van der Waals surface area contributed by atoms with Crippen molar-refractivity contribution in [3.63, 3.8) is 0 Å². The van der Waals surface area contributed by atoms with E-state index < -0.39 is 0 Å². The molecule has 0 N–H and O–H groups in total. The molecule has 0 spiro atoms. The highest BCUT2D eigenvalue weighted by Gasteiger charge is 2.38. The first kappa shape index (κ1) is 31.8. The van der Waals surface area contributed by atoms with Gasteiger partial charge in [0.2, 0.25) is 0 Å². The number of rotatable bonds is 12. The van der Waals surface area contributed by atoms with Gasteiger partial charge in [0.1, 0.15) is 11.5 Å². The molecule has 234 valence electrons. The quantitative estimate of drug-likeness (QED) is 0.195. The molecule has 0 aliphatic carbocycles. The van der Waals surface area contributed by atoms with Gasteiger partial charge in [-0.2, -0.15) is 0 Å². The van der Waals surface area contributed by atoms with Crippen molar-refractivity contribution in [1.29, 1.82) is 0 Å². The van der Waals surface area contributed by atoms with Gasteiger partial charge in [-0.3, -0.25) is 0 Å². The van der Waals surface area contributed by atoms with Crippen LogP contribution >= 0.6 is 0 Å². The van der Waals surface area contributed by atoms with Crippen LogP contribution in [-0.2, 0) is 10.8 Å². The Balaban J connectivity index is 1.66. The number of fused-ring (bicyclic) bond motifs is 2. The van der Waals surface area contributed by atoms with E-state index in [4.69, 9.17) is 9.47 Å². The molecule has 0 saturated heterocycles. The Kier molecular flexibility index (Phi) is 8.94. The molecule has 2 heterocycles. The molecule has 0 amide bonds. The lowest BCUT2D eigenvalue weighted by Gasteiger charge is -2.23. The maximum absolute atomic E-state index is 6.63. The van der Waals surface area contributed by atoms with Crippen molar-refractivity contribution in [2.45, 2.75) is 90.9 Å². The van der Waals surface area contributed by atoms with E-state index in [9.17, 15) is 0 Å². The van der Waals surface area contributed by atoms with Crippen LogP contribution in [0.1, 0.15) is 91.2 Å². The van der Waals surface area contributed by atoms with Crippen molar-refractivity contribution in [2.24, 2.45) is 0 Å². The lowest BCUT2D eigenvalue weighted by Crippen LogP contribution is -2.21. The van der Waals surface area contributed by atoms with E-state index in [1.54, 1.807) is 0 Å². The summed E-state index contributed by atoms with van der Waals surface area (Å²) >= 11 is 0. The van der Waals surface area contributed by atoms with Gasteiger partial charge in [0, 0.05) is 58.8 Å². The molecule has 0 unspecified atom stereocenters. The zero-order valence-electron chi connectivity index (χ0n) is 28.4. The van der Waals surface area contributed by atoms with Crippen molar-refractivity contribution in [3.8, 4) is 33.8 Å². The van der Waals surface area contributed by atoms with Crippen molar-refractivity contribution >= 4 is 11.4 Å². The van der Waals surface area contributed by atoms with Gasteiger partial charge in [-0.05, 0) is 71.5 Å². The average molecular weight is 593 g/mol. The highest BCUT2D eigenvalue weighted by Crippen LogP contribution is 2.51. The highest BCUT2D eigenvalue weighted by atomic mass is 16.5. The van der Waals surface area contributed by atoms with Crippen LogP contribution in [0.25, 0.3) is 22.3 Å². The molecule has 44 heavy (non-hydrogen) atoms. The van der Waals surface area contributed by atoms with E-state index in [0.717, 1.165) is 83.7 Å². The van der Waals surface area contributed by atoms with E-state index in [1.165, 1.54) is 22.5 Å². The Hall–Kier alpha value is -3.66. The first-order valence-corrected chi connectivity index (χ1v) is 16.5. The Morgan fingerprint density at radius 3 is 1.34 bits per heavy atom. The molecule has 3 aromatic carbocycles. The number of nitrogens with zero attached hydrogens (tertiary/aromatic N) is 2. The van der Waals surface area contributed by atoms with Gasteiger partial charge in [-0.1, -0.05) is 92.5 Å². The molecular weight excluding hydrogens is 540 g/mol. The van der Waals surface area contributed by atoms with Crippen LogP contribution < -0.4 is 19.3 Å². The number of benzene rings is 3. The van der Waals surface area contributed by atoms with Crippen molar-refractivity contribution in [1.82, 2.24) is 0 Å². The monoisotopic (exact) mass is 592 g/mol. The molecule has 4 nitrogen and oxygen atoms in total. The fourth-order valence-electron chi connectivity index (χ4n) is 6.75. The number of unbranched alkanes of at least 4 members (excludes halogenated alkanes) is 4. The largest absolute Gasteiger partial charge is 0.493 e. The van der Waals surface area contributed by atoms with E-state index in [-0.39, 0.29) is 10.8 Å². The van der Waals surface area contributed by atoms with Crippen LogP contribution in [0.5, 0.6) is 11.5 Å². The Labute approximate surface area is 266 Å². The third-order valence-corrected chi connectivity index (χ3v) is 10.0. The zero-order chi connectivity index (χ0) is 31.8. The van der Waals surface area contributed by atoms with Crippen LogP contribution in [0.3, 0.4) is 0 Å². The predicted molar refractivity (Wildman–Crippen MR) is 188 cm³/mol. The molecule has 5 rings (SSSR count). The summed E-state index contributed by atoms with van der Waals surface area (Å²) < 4.78 is 13.3. The highest BCUT2D eigenvalue weighted by molar-refractivity contribution is 5.85. The second kappa shape index (κ2) is 12.4. The Morgan fingerprint density at radius 2 is 0.977 bits per heavy atom. The van der Waals surface area contributed by atoms with Gasteiger partial charge in [0.05, 0.1) is 13.2 Å². The van der Waals surface area contributed by atoms with E-state index in [2.05, 4.69) is 127 Å². The fraction of sp³-hybridized carbons (Fsp3) is 0.450. The third kappa shape index (κ3) is 5.53. The molecule has 0 atom stereocenters. The minimum Gasteiger partial charge on any atom is -0.493 e. The van der Waals surface area contributed by atoms with Crippen LogP contribution in [0.4, 0.5) is 11.4 Å². The first-order chi connectivity index (χ1) is 20.9. The summed E-state index contributed by atoms with van der Waals surface area (Å²) in [5, 5.41) is 0. The van der Waals surface area contributed by atoms with Crippen molar-refractivity contribution < 1.29 is 9.47 Å². The first-order valence-electron chi connectivity index (χ1n) is 16.5. The molecule has 0 fully saturated rings. The molecule has 4 heteroatoms. The number of hydrogen-bond acceptors (Lipinski definition) is 4. The molecular formula is C40H52N2O2. The van der Waals surface area contributed by atoms with Crippen LogP contribution in [0, 0.1) is 0 Å². The topological polar surface area (TPSA) is 24.9 Å². The SMILES string of the molecule is C=C1N(C)c2ccc(-c3cc(OCCCCC)c(-c4ccc5c(c4)C(C)(C)C(=C)N5C)cc3OCCCCC)cc2C1(C)C. The maximum atomic E-state index is 6.63. The van der Waals surface area contributed by atoms with Crippen molar-refractivity contribution in [2.75, 3.05) is 37.1 Å². The Bertz CT molecular complexity index is 1450. The number of anilines is 2. The number of hydrogen-bond donors (Lipinski definition) is 0. The summed E-state index contributed by atoms with van der Waals surface area (Å²) in [6.45, 7) is 23.7. The van der Waals surface area contributed by atoms with Gasteiger partial charge in [0.15, 0.2) is 0 Å². The summed E-state index contributed by atoms with van der Waals surface area (Å²) in [4.78, 5) is 4.43. The van der Waals surface area contributed by atoms with Gasteiger partial charge in [-0.15, -0.1) is 0 Å². The second-order valence-corrected chi connectivity index (χ2v) is 13.7. The maximum Gasteiger partial charge on any atom is 0.128 e. The Morgan fingerprint density at radius 1 is 0.591 bits per heavy atom. The summed E-state index contributed by atoms with van der Waals surface area (Å²) in [6, 6.07) is 18.0. The average Bonchev–Trinajstić information content (AvgIpc) is 3.30. The van der Waals surface area contributed by atoms with Crippen LogP contribution in [0.15, 0.2) is 73.1 Å². The second-order valence-electron chi connectivity index (χ2n) is 13.7. The molecule has 2 aliphatic heterocycles. The van der Waals surface area contributed by atoms with Gasteiger partial charge in [0.25, 0.3) is 0 Å². The number of ether oxygens (including phenoxy) is 2.